The monoisotopic (exact) mass is 868 g/mol. The van der Waals surface area contributed by atoms with E-state index >= 15 is 0 Å². The van der Waals surface area contributed by atoms with Gasteiger partial charge in [-0.15, -0.1) is 0 Å². The van der Waals surface area contributed by atoms with Crippen LogP contribution < -0.4 is 5.32 Å². The first-order chi connectivity index (χ1) is 31.0. The van der Waals surface area contributed by atoms with Crippen LogP contribution >= 0.6 is 0 Å². The van der Waals surface area contributed by atoms with Crippen LogP contribution in [0.4, 0.5) is 0 Å². The van der Waals surface area contributed by atoms with Crippen molar-refractivity contribution in [3.63, 3.8) is 0 Å². The van der Waals surface area contributed by atoms with Crippen LogP contribution in [0.3, 0.4) is 0 Å². The van der Waals surface area contributed by atoms with Crippen LogP contribution in [0.2, 0.25) is 0 Å². The zero-order valence-corrected chi connectivity index (χ0v) is 38.0. The van der Waals surface area contributed by atoms with Crippen LogP contribution in [0.5, 0.6) is 0 Å². The van der Waals surface area contributed by atoms with Crippen LogP contribution in [0.15, 0.2) is 109 Å². The summed E-state index contributed by atoms with van der Waals surface area (Å²) < 4.78 is 10.5. The number of nitrogens with zero attached hydrogens (tertiary/aromatic N) is 3. The first kappa shape index (κ1) is 48.5. The van der Waals surface area contributed by atoms with Gasteiger partial charge in [-0.3, -0.25) is 4.79 Å². The number of benzene rings is 3. The number of H-pyrrole nitrogens is 2. The van der Waals surface area contributed by atoms with Crippen LogP contribution in [-0.4, -0.2) is 68.4 Å². The molecule has 0 bridgehead atoms. The van der Waals surface area contributed by atoms with Crippen molar-refractivity contribution in [2.45, 2.75) is 117 Å². The molecule has 12 heteroatoms. The molecule has 1 aliphatic heterocycles. The molecule has 1 unspecified atom stereocenters. The second-order valence-corrected chi connectivity index (χ2v) is 16.7. The third kappa shape index (κ3) is 16.3. The third-order valence-electron chi connectivity index (χ3n) is 10.3. The van der Waals surface area contributed by atoms with Gasteiger partial charge < -0.3 is 29.6 Å². The summed E-state index contributed by atoms with van der Waals surface area (Å²) in [4.78, 5) is 57.4. The summed E-state index contributed by atoms with van der Waals surface area (Å²) >= 11 is 0. The highest BCUT2D eigenvalue weighted by molar-refractivity contribution is 6.04. The van der Waals surface area contributed by atoms with Crippen molar-refractivity contribution in [1.29, 1.82) is 0 Å². The van der Waals surface area contributed by atoms with Gasteiger partial charge in [0.1, 0.15) is 11.4 Å². The molecule has 0 radical (unpaired) electrons. The molecule has 0 aliphatic carbocycles. The molecule has 0 spiro atoms. The quantitative estimate of drug-likeness (QED) is 0.0373. The molecular weight excluding hydrogens is 805 g/mol. The van der Waals surface area contributed by atoms with Crippen molar-refractivity contribution in [2.75, 3.05) is 13.2 Å². The van der Waals surface area contributed by atoms with E-state index in [9.17, 15) is 14.4 Å². The number of oxime groups is 1. The first-order valence-corrected chi connectivity index (χ1v) is 22.6. The van der Waals surface area contributed by atoms with Crippen molar-refractivity contribution in [3.05, 3.63) is 120 Å². The standard InChI is InChI=1S/C49H60N4O6.C3H4N2/c1-6-8-9-10-11-12-13-14-15-16-33-50-43(54)31-21-35-17-23-38(24-18-35)45-46(52-47(51-45)40-25-19-36(20-26-40)22-32-44(55)57-7-2)39-29-27-37(28-30-39)41-34-42(59-53-41)48(56)58-49(3,4)5;1-2-5-3-4-1/h17-32,42H,6-16,33-34H2,1-5H3,(H,50,54)(H,51,52);1-3H,(H,4,5). The van der Waals surface area contributed by atoms with E-state index in [1.807, 2.05) is 99.6 Å². The van der Waals surface area contributed by atoms with Crippen LogP contribution in [0.25, 0.3) is 46.1 Å². The summed E-state index contributed by atoms with van der Waals surface area (Å²) in [5.74, 6) is -0.236. The molecule has 0 fully saturated rings. The molecule has 3 N–H and O–H groups in total. The third-order valence-corrected chi connectivity index (χ3v) is 10.3. The highest BCUT2D eigenvalue weighted by atomic mass is 16.7. The molecule has 3 heterocycles. The number of imidazole rings is 2. The van der Waals surface area contributed by atoms with Crippen molar-refractivity contribution < 1.29 is 28.7 Å². The van der Waals surface area contributed by atoms with Crippen molar-refractivity contribution >= 4 is 35.7 Å². The predicted molar refractivity (Wildman–Crippen MR) is 255 cm³/mol. The Labute approximate surface area is 378 Å². The van der Waals surface area contributed by atoms with Gasteiger partial charge in [-0.1, -0.05) is 143 Å². The zero-order chi connectivity index (χ0) is 45.6. The van der Waals surface area contributed by atoms with E-state index in [0.717, 1.165) is 57.6 Å². The Morgan fingerprint density at radius 2 is 1.36 bits per heavy atom. The lowest BCUT2D eigenvalue weighted by molar-refractivity contribution is -0.166. The van der Waals surface area contributed by atoms with Gasteiger partial charge in [0.25, 0.3) is 0 Å². The number of amides is 1. The van der Waals surface area contributed by atoms with E-state index in [1.54, 1.807) is 37.8 Å². The molecule has 5 aromatic rings. The molecule has 1 atom stereocenters. The number of carbonyl (C=O) groups is 3. The average Bonchev–Trinajstić information content (AvgIpc) is 4.12. The number of rotatable bonds is 21. The molecule has 3 aromatic carbocycles. The Balaban J connectivity index is 0.00000144. The minimum absolute atomic E-state index is 0.0909. The SMILES string of the molecule is CCCCCCCCCCCCNC(=O)C=Cc1ccc(-c2[nH]c(-c3ccc(C=CC(=O)OCC)cc3)nc2-c2ccc(C3=NOC(C(=O)OC(C)(C)C)C3)cc2)cc1.c1c[nH]cn1. The minimum Gasteiger partial charge on any atom is -0.463 e. The Kier molecular flexibility index (Phi) is 19.3. The Bertz CT molecular complexity index is 2250. The maximum atomic E-state index is 12.6. The van der Waals surface area contributed by atoms with E-state index in [2.05, 4.69) is 32.3 Å². The van der Waals surface area contributed by atoms with Crippen LogP contribution in [0, 0.1) is 0 Å². The summed E-state index contributed by atoms with van der Waals surface area (Å²) in [7, 11) is 0. The van der Waals surface area contributed by atoms with Crippen LogP contribution in [-0.2, 0) is 28.7 Å². The Morgan fingerprint density at radius 3 is 1.94 bits per heavy atom. The lowest BCUT2D eigenvalue weighted by Crippen LogP contribution is -2.32. The molecule has 1 aliphatic rings. The lowest BCUT2D eigenvalue weighted by Gasteiger charge is -2.20. The predicted octanol–water partition coefficient (Wildman–Crippen LogP) is 11.3. The second-order valence-electron chi connectivity index (χ2n) is 16.7. The lowest BCUT2D eigenvalue weighted by atomic mass is 10.00. The molecule has 2 aromatic heterocycles. The molecule has 12 nitrogen and oxygen atoms in total. The minimum atomic E-state index is -0.780. The molecule has 0 saturated carbocycles. The van der Waals surface area contributed by atoms with Crippen molar-refractivity contribution in [3.8, 4) is 33.9 Å². The molecule has 1 amide bonds. The molecule has 64 heavy (non-hydrogen) atoms. The summed E-state index contributed by atoms with van der Waals surface area (Å²) in [6.07, 6.45) is 23.8. The van der Waals surface area contributed by atoms with Gasteiger partial charge in [-0.25, -0.2) is 19.6 Å². The van der Waals surface area contributed by atoms with Crippen LogP contribution in [0.1, 0.15) is 122 Å². The summed E-state index contributed by atoms with van der Waals surface area (Å²) in [6, 6.07) is 23.6. The highest BCUT2D eigenvalue weighted by Gasteiger charge is 2.33. The van der Waals surface area contributed by atoms with E-state index in [4.69, 9.17) is 19.3 Å². The highest BCUT2D eigenvalue weighted by Crippen LogP contribution is 2.34. The van der Waals surface area contributed by atoms with Crippen molar-refractivity contribution in [2.24, 2.45) is 5.16 Å². The maximum Gasteiger partial charge on any atom is 0.351 e. The smallest absolute Gasteiger partial charge is 0.351 e. The largest absolute Gasteiger partial charge is 0.463 e. The normalized spacial score (nSPS) is 13.6. The number of unbranched alkanes of at least 4 members (excludes halogenated alkanes) is 9. The molecule has 338 valence electrons. The second kappa shape index (κ2) is 25.5. The summed E-state index contributed by atoms with van der Waals surface area (Å²) in [6.45, 7) is 10.5. The number of esters is 2. The fraction of sp³-hybridized carbons (Fsp3) is 0.385. The zero-order valence-electron chi connectivity index (χ0n) is 38.0. The van der Waals surface area contributed by atoms with Gasteiger partial charge in [0, 0.05) is 54.2 Å². The average molecular weight is 869 g/mol. The number of nitrogens with one attached hydrogen (secondary N) is 3. The molecule has 6 rings (SSSR count). The van der Waals surface area contributed by atoms with Gasteiger partial charge in [-0.05, 0) is 63.0 Å². The van der Waals surface area contributed by atoms with Gasteiger partial charge in [-0.2, -0.15) is 0 Å². The Hall–Kier alpha value is -6.56. The number of aromatic nitrogens is 4. The molecular formula is C52H64N6O6. The van der Waals surface area contributed by atoms with E-state index in [1.165, 1.54) is 57.4 Å². The number of hydrogen-bond donors (Lipinski definition) is 3. The summed E-state index contributed by atoms with van der Waals surface area (Å²) in [5, 5.41) is 7.21. The number of aromatic amines is 2. The van der Waals surface area contributed by atoms with Gasteiger partial charge in [0.15, 0.2) is 0 Å². The van der Waals surface area contributed by atoms with Crippen molar-refractivity contribution in [1.82, 2.24) is 25.3 Å². The van der Waals surface area contributed by atoms with E-state index in [-0.39, 0.29) is 11.9 Å². The first-order valence-electron chi connectivity index (χ1n) is 22.6. The number of ether oxygens (including phenoxy) is 2. The fourth-order valence-corrected chi connectivity index (χ4v) is 6.93. The number of hydrogen-bond acceptors (Lipinski definition) is 9. The van der Waals surface area contributed by atoms with E-state index in [0.29, 0.717) is 31.1 Å². The molecule has 0 saturated heterocycles. The van der Waals surface area contributed by atoms with Gasteiger partial charge in [0.05, 0.1) is 30.0 Å². The van der Waals surface area contributed by atoms with Gasteiger partial charge in [0.2, 0.25) is 12.0 Å². The fourth-order valence-electron chi connectivity index (χ4n) is 6.93. The van der Waals surface area contributed by atoms with E-state index < -0.39 is 17.7 Å². The number of carbonyl (C=O) groups excluding carboxylic acids is 3. The summed E-state index contributed by atoms with van der Waals surface area (Å²) in [5.41, 5.74) is 6.91. The maximum absolute atomic E-state index is 12.6. The van der Waals surface area contributed by atoms with Gasteiger partial charge >= 0.3 is 11.9 Å². The topological polar surface area (TPSA) is 161 Å². The Morgan fingerprint density at radius 1 is 0.766 bits per heavy atom.